The van der Waals surface area contributed by atoms with E-state index in [0.29, 0.717) is 13.1 Å². The summed E-state index contributed by atoms with van der Waals surface area (Å²) in [5.41, 5.74) is 0.788. The molecule has 3 nitrogen and oxygen atoms in total. The zero-order valence-electron chi connectivity index (χ0n) is 9.78. The molecule has 0 heterocycles. The molecule has 1 aromatic carbocycles. The van der Waals surface area contributed by atoms with Crippen LogP contribution in [0.15, 0.2) is 27.1 Å². The highest BCUT2D eigenvalue weighted by atomic mass is 79.9. The molecule has 17 heavy (non-hydrogen) atoms. The third kappa shape index (κ3) is 3.53. The van der Waals surface area contributed by atoms with E-state index in [0.717, 1.165) is 14.5 Å². The van der Waals surface area contributed by atoms with Gasteiger partial charge in [-0.1, -0.05) is 19.9 Å². The van der Waals surface area contributed by atoms with E-state index in [2.05, 4.69) is 31.9 Å². The van der Waals surface area contributed by atoms with Crippen molar-refractivity contribution >= 4 is 37.8 Å². The van der Waals surface area contributed by atoms with Crippen LogP contribution in [0, 0.1) is 0 Å². The molecule has 0 fully saturated rings. The van der Waals surface area contributed by atoms with Gasteiger partial charge >= 0.3 is 5.97 Å². The normalized spacial score (nSPS) is 12.8. The fraction of sp³-hybridized carbons (Fsp3) is 0.417. The molecule has 0 radical (unpaired) electrons. The molecule has 1 atom stereocenters. The maximum Gasteiger partial charge on any atom is 0.325 e. The van der Waals surface area contributed by atoms with E-state index in [1.54, 1.807) is 0 Å². The fourth-order valence-corrected chi connectivity index (χ4v) is 2.42. The van der Waals surface area contributed by atoms with Gasteiger partial charge in [0.2, 0.25) is 0 Å². The van der Waals surface area contributed by atoms with E-state index >= 15 is 0 Å². The highest BCUT2D eigenvalue weighted by molar-refractivity contribution is 9.13. The molecule has 0 aliphatic heterocycles. The molecule has 1 N–H and O–H groups in total. The number of hydrogen-bond donors (Lipinski definition) is 1. The molecule has 0 aliphatic carbocycles. The van der Waals surface area contributed by atoms with Crippen molar-refractivity contribution in [3.63, 3.8) is 0 Å². The molecular weight excluding hydrogens is 350 g/mol. The number of nitrogens with zero attached hydrogens (tertiary/aromatic N) is 1. The lowest BCUT2D eigenvalue weighted by Crippen LogP contribution is -2.33. The lowest BCUT2D eigenvalue weighted by Gasteiger charge is -2.26. The molecule has 94 valence electrons. The molecule has 0 saturated heterocycles. The number of carboxylic acids is 1. The molecule has 1 aromatic rings. The van der Waals surface area contributed by atoms with E-state index in [1.165, 1.54) is 0 Å². The van der Waals surface area contributed by atoms with Crippen LogP contribution in [0.1, 0.15) is 25.5 Å². The monoisotopic (exact) mass is 363 g/mol. The third-order valence-electron chi connectivity index (χ3n) is 2.67. The summed E-state index contributed by atoms with van der Waals surface area (Å²) in [6.07, 6.45) is 0. The summed E-state index contributed by atoms with van der Waals surface area (Å²) in [6, 6.07) is 4.96. The third-order valence-corrected chi connectivity index (χ3v) is 4.55. The summed E-state index contributed by atoms with van der Waals surface area (Å²) in [5, 5.41) is 9.35. The number of aliphatic carboxylic acids is 1. The van der Waals surface area contributed by atoms with Gasteiger partial charge < -0.3 is 5.11 Å². The first-order valence-electron chi connectivity index (χ1n) is 5.43. The zero-order valence-corrected chi connectivity index (χ0v) is 13.0. The van der Waals surface area contributed by atoms with Crippen LogP contribution in [0.3, 0.4) is 0 Å². The summed E-state index contributed by atoms with van der Waals surface area (Å²) in [5.74, 6) is -0.817. The minimum absolute atomic E-state index is 0.589. The Kier molecular flexibility index (Phi) is 5.62. The van der Waals surface area contributed by atoms with Crippen molar-refractivity contribution in [2.75, 3.05) is 13.1 Å². The van der Waals surface area contributed by atoms with E-state index in [1.807, 2.05) is 36.9 Å². The van der Waals surface area contributed by atoms with Gasteiger partial charge in [-0.05, 0) is 62.6 Å². The highest BCUT2D eigenvalue weighted by Gasteiger charge is 2.25. The molecule has 1 rings (SSSR count). The van der Waals surface area contributed by atoms with Crippen molar-refractivity contribution in [3.05, 3.63) is 32.7 Å². The SMILES string of the molecule is CCN(CC)C(C(=O)O)c1ccc(Br)c(Br)c1. The van der Waals surface area contributed by atoms with Gasteiger partial charge in [0.25, 0.3) is 0 Å². The van der Waals surface area contributed by atoms with E-state index in [4.69, 9.17) is 0 Å². The number of halogens is 2. The lowest BCUT2D eigenvalue weighted by atomic mass is 10.1. The van der Waals surface area contributed by atoms with Crippen LogP contribution in [0.2, 0.25) is 0 Å². The van der Waals surface area contributed by atoms with Crippen molar-refractivity contribution in [3.8, 4) is 0 Å². The largest absolute Gasteiger partial charge is 0.480 e. The lowest BCUT2D eigenvalue weighted by molar-refractivity contribution is -0.143. The van der Waals surface area contributed by atoms with Crippen molar-refractivity contribution in [1.29, 1.82) is 0 Å². The molecule has 0 aliphatic rings. The number of carboxylic acid groups (broad SMARTS) is 1. The smallest absolute Gasteiger partial charge is 0.325 e. The Morgan fingerprint density at radius 1 is 1.29 bits per heavy atom. The van der Waals surface area contributed by atoms with E-state index in [9.17, 15) is 9.90 Å². The maximum atomic E-state index is 11.4. The van der Waals surface area contributed by atoms with Gasteiger partial charge in [-0.25, -0.2) is 0 Å². The average molecular weight is 365 g/mol. The maximum absolute atomic E-state index is 11.4. The van der Waals surface area contributed by atoms with Crippen LogP contribution >= 0.6 is 31.9 Å². The summed E-state index contributed by atoms with van der Waals surface area (Å²) < 4.78 is 1.79. The van der Waals surface area contributed by atoms with Crippen LogP contribution in [-0.4, -0.2) is 29.1 Å². The molecule has 0 saturated carbocycles. The fourth-order valence-electron chi connectivity index (χ4n) is 1.78. The first-order chi connectivity index (χ1) is 8.01. The van der Waals surface area contributed by atoms with E-state index in [-0.39, 0.29) is 0 Å². The first kappa shape index (κ1) is 14.7. The number of benzene rings is 1. The topological polar surface area (TPSA) is 40.5 Å². The van der Waals surface area contributed by atoms with Gasteiger partial charge in [-0.2, -0.15) is 0 Å². The Bertz CT molecular complexity index is 405. The average Bonchev–Trinajstić information content (AvgIpc) is 2.29. The van der Waals surface area contributed by atoms with Crippen LogP contribution in [0.4, 0.5) is 0 Å². The molecule has 1 unspecified atom stereocenters. The second kappa shape index (κ2) is 6.52. The molecule has 0 bridgehead atoms. The van der Waals surface area contributed by atoms with Gasteiger partial charge in [0.1, 0.15) is 6.04 Å². The molecule has 0 spiro atoms. The molecule has 0 aromatic heterocycles. The van der Waals surface area contributed by atoms with Gasteiger partial charge in [0.05, 0.1) is 0 Å². The van der Waals surface area contributed by atoms with Gasteiger partial charge in [0, 0.05) is 8.95 Å². The van der Waals surface area contributed by atoms with Crippen molar-refractivity contribution in [2.45, 2.75) is 19.9 Å². The number of hydrogen-bond acceptors (Lipinski definition) is 2. The molecular formula is C12H15Br2NO2. The first-order valence-corrected chi connectivity index (χ1v) is 7.01. The van der Waals surface area contributed by atoms with E-state index < -0.39 is 12.0 Å². The van der Waals surface area contributed by atoms with Gasteiger partial charge in [0.15, 0.2) is 0 Å². The Morgan fingerprint density at radius 3 is 2.29 bits per heavy atom. The number of likely N-dealkylation sites (N-methyl/N-ethyl adjacent to an activating group) is 1. The van der Waals surface area contributed by atoms with Crippen molar-refractivity contribution in [2.24, 2.45) is 0 Å². The van der Waals surface area contributed by atoms with Crippen LogP contribution in [-0.2, 0) is 4.79 Å². The summed E-state index contributed by atoms with van der Waals surface area (Å²) in [7, 11) is 0. The molecule has 0 amide bonds. The predicted octanol–water partition coefficient (Wildman–Crippen LogP) is 3.68. The predicted molar refractivity (Wildman–Crippen MR) is 75.1 cm³/mol. The second-order valence-corrected chi connectivity index (χ2v) is 5.34. The summed E-state index contributed by atoms with van der Waals surface area (Å²) >= 11 is 6.78. The van der Waals surface area contributed by atoms with Crippen molar-refractivity contribution < 1.29 is 9.90 Å². The van der Waals surface area contributed by atoms with Gasteiger partial charge in [-0.15, -0.1) is 0 Å². The minimum atomic E-state index is -0.817. The highest BCUT2D eigenvalue weighted by Crippen LogP contribution is 2.29. The standard InChI is InChI=1S/C12H15Br2NO2/c1-3-15(4-2)11(12(16)17)8-5-6-9(13)10(14)7-8/h5-7,11H,3-4H2,1-2H3,(H,16,17). The summed E-state index contributed by atoms with van der Waals surface area (Å²) in [6.45, 7) is 5.35. The number of rotatable bonds is 5. The van der Waals surface area contributed by atoms with Crippen molar-refractivity contribution in [1.82, 2.24) is 4.90 Å². The van der Waals surface area contributed by atoms with Crippen LogP contribution in [0.5, 0.6) is 0 Å². The second-order valence-electron chi connectivity index (χ2n) is 3.64. The van der Waals surface area contributed by atoms with Crippen LogP contribution in [0.25, 0.3) is 0 Å². The van der Waals surface area contributed by atoms with Crippen LogP contribution < -0.4 is 0 Å². The minimum Gasteiger partial charge on any atom is -0.480 e. The molecule has 5 heteroatoms. The Morgan fingerprint density at radius 2 is 1.88 bits per heavy atom. The summed E-state index contributed by atoms with van der Waals surface area (Å²) in [4.78, 5) is 13.3. The Labute approximate surface area is 118 Å². The van der Waals surface area contributed by atoms with Gasteiger partial charge in [-0.3, -0.25) is 9.69 Å². The zero-order chi connectivity index (χ0) is 13.0. The Balaban J connectivity index is 3.13. The quantitative estimate of drug-likeness (QED) is 0.866. The number of carbonyl (C=O) groups is 1. The Hall–Kier alpha value is -0.390.